The molecular formula is C15H24N2O. The molecule has 0 bridgehead atoms. The third-order valence-electron chi connectivity index (χ3n) is 3.18. The maximum Gasteiger partial charge on any atom is 0.0891 e. The van der Waals surface area contributed by atoms with Crippen LogP contribution in [0.4, 0.5) is 0 Å². The van der Waals surface area contributed by atoms with Gasteiger partial charge in [0.05, 0.1) is 24.1 Å². The maximum absolute atomic E-state index is 5.78. The van der Waals surface area contributed by atoms with Crippen molar-refractivity contribution in [3.8, 4) is 0 Å². The van der Waals surface area contributed by atoms with Gasteiger partial charge in [0.25, 0.3) is 0 Å². The summed E-state index contributed by atoms with van der Waals surface area (Å²) in [5.74, 6) is 0. The minimum absolute atomic E-state index is 0.125. The molecule has 3 nitrogen and oxygen atoms in total. The number of hydrogen-bond acceptors (Lipinski definition) is 3. The largest absolute Gasteiger partial charge is 0.372 e. The van der Waals surface area contributed by atoms with Crippen molar-refractivity contribution in [3.05, 3.63) is 29.6 Å². The fraction of sp³-hybridized carbons (Fsp3) is 0.667. The van der Waals surface area contributed by atoms with Gasteiger partial charge in [0, 0.05) is 12.1 Å². The zero-order valence-corrected chi connectivity index (χ0v) is 11.7. The highest BCUT2D eigenvalue weighted by molar-refractivity contribution is 5.10. The number of pyridine rings is 1. The lowest BCUT2D eigenvalue weighted by molar-refractivity contribution is -0.0101. The normalized spacial score (nSPS) is 16.6. The van der Waals surface area contributed by atoms with Gasteiger partial charge in [-0.05, 0) is 52.2 Å². The van der Waals surface area contributed by atoms with Crippen molar-refractivity contribution in [1.29, 1.82) is 0 Å². The van der Waals surface area contributed by atoms with Gasteiger partial charge in [-0.1, -0.05) is 6.07 Å². The summed E-state index contributed by atoms with van der Waals surface area (Å²) in [4.78, 5) is 4.62. The molecule has 0 amide bonds. The molecule has 100 valence electrons. The highest BCUT2D eigenvalue weighted by Gasteiger charge is 2.17. The SMILES string of the molecule is CC(C)(C)NCc1cccc(COC2CCC2)n1. The first-order chi connectivity index (χ1) is 8.53. The zero-order chi connectivity index (χ0) is 13.0. The van der Waals surface area contributed by atoms with Gasteiger partial charge in [-0.25, -0.2) is 0 Å². The number of rotatable bonds is 5. The molecule has 0 aliphatic heterocycles. The van der Waals surface area contributed by atoms with Crippen molar-refractivity contribution in [1.82, 2.24) is 10.3 Å². The van der Waals surface area contributed by atoms with E-state index in [9.17, 15) is 0 Å². The number of ether oxygens (including phenoxy) is 1. The lowest BCUT2D eigenvalue weighted by Gasteiger charge is -2.25. The summed E-state index contributed by atoms with van der Waals surface area (Å²) in [5.41, 5.74) is 2.25. The van der Waals surface area contributed by atoms with Gasteiger partial charge in [0.15, 0.2) is 0 Å². The summed E-state index contributed by atoms with van der Waals surface area (Å²) in [5, 5.41) is 3.45. The van der Waals surface area contributed by atoms with Crippen LogP contribution in [0.3, 0.4) is 0 Å². The van der Waals surface area contributed by atoms with Crippen molar-refractivity contribution in [2.24, 2.45) is 0 Å². The molecule has 1 saturated carbocycles. The van der Waals surface area contributed by atoms with E-state index in [1.165, 1.54) is 19.3 Å². The van der Waals surface area contributed by atoms with Gasteiger partial charge in [-0.15, -0.1) is 0 Å². The van der Waals surface area contributed by atoms with Gasteiger partial charge in [0.1, 0.15) is 0 Å². The molecule has 1 aliphatic carbocycles. The smallest absolute Gasteiger partial charge is 0.0891 e. The summed E-state index contributed by atoms with van der Waals surface area (Å²) in [7, 11) is 0. The van der Waals surface area contributed by atoms with Crippen molar-refractivity contribution in [2.45, 2.75) is 64.8 Å². The summed E-state index contributed by atoms with van der Waals surface area (Å²) >= 11 is 0. The molecule has 0 saturated heterocycles. The Labute approximate surface area is 110 Å². The lowest BCUT2D eigenvalue weighted by atomic mass is 9.96. The minimum atomic E-state index is 0.125. The maximum atomic E-state index is 5.78. The second kappa shape index (κ2) is 5.81. The molecule has 2 rings (SSSR count). The van der Waals surface area contributed by atoms with E-state index in [1.807, 2.05) is 6.07 Å². The van der Waals surface area contributed by atoms with Gasteiger partial charge in [0.2, 0.25) is 0 Å². The number of aromatic nitrogens is 1. The molecule has 0 aromatic carbocycles. The molecule has 1 fully saturated rings. The number of nitrogens with zero attached hydrogens (tertiary/aromatic N) is 1. The van der Waals surface area contributed by atoms with Gasteiger partial charge in [-0.2, -0.15) is 0 Å². The van der Waals surface area contributed by atoms with E-state index >= 15 is 0 Å². The Morgan fingerprint density at radius 3 is 2.61 bits per heavy atom. The van der Waals surface area contributed by atoms with Crippen LogP contribution in [0, 0.1) is 0 Å². The summed E-state index contributed by atoms with van der Waals surface area (Å²) in [6, 6.07) is 6.16. The van der Waals surface area contributed by atoms with Crippen molar-refractivity contribution < 1.29 is 4.74 Å². The lowest BCUT2D eigenvalue weighted by Crippen LogP contribution is -2.35. The molecule has 0 unspecified atom stereocenters. The summed E-state index contributed by atoms with van der Waals surface area (Å²) in [6.07, 6.45) is 4.22. The van der Waals surface area contributed by atoms with E-state index in [0.717, 1.165) is 17.9 Å². The molecule has 0 spiro atoms. The van der Waals surface area contributed by atoms with E-state index in [0.29, 0.717) is 12.7 Å². The van der Waals surface area contributed by atoms with Gasteiger partial charge < -0.3 is 10.1 Å². The van der Waals surface area contributed by atoms with E-state index in [-0.39, 0.29) is 5.54 Å². The molecule has 1 aromatic rings. The quantitative estimate of drug-likeness (QED) is 0.869. The first-order valence-electron chi connectivity index (χ1n) is 6.84. The van der Waals surface area contributed by atoms with Gasteiger partial charge in [-0.3, -0.25) is 4.98 Å². The second-order valence-electron chi connectivity index (χ2n) is 6.09. The molecule has 0 radical (unpaired) electrons. The summed E-state index contributed by atoms with van der Waals surface area (Å²) in [6.45, 7) is 7.94. The predicted molar refractivity (Wildman–Crippen MR) is 73.3 cm³/mol. The Hall–Kier alpha value is -0.930. The average Bonchev–Trinajstić information content (AvgIpc) is 2.24. The molecule has 1 N–H and O–H groups in total. The second-order valence-corrected chi connectivity index (χ2v) is 6.09. The Kier molecular flexibility index (Phi) is 4.36. The third kappa shape index (κ3) is 4.39. The first kappa shape index (κ1) is 13.5. The monoisotopic (exact) mass is 248 g/mol. The van der Waals surface area contributed by atoms with Crippen LogP contribution in [0.25, 0.3) is 0 Å². The van der Waals surface area contributed by atoms with Crippen molar-refractivity contribution >= 4 is 0 Å². The highest BCUT2D eigenvalue weighted by atomic mass is 16.5. The standard InChI is InChI=1S/C15H24N2O/c1-15(2,3)16-10-12-6-4-7-13(17-12)11-18-14-8-5-9-14/h4,6-7,14,16H,5,8-11H2,1-3H3. The topological polar surface area (TPSA) is 34.1 Å². The predicted octanol–water partition coefficient (Wildman–Crippen LogP) is 3.04. The van der Waals surface area contributed by atoms with E-state index in [2.05, 4.69) is 43.2 Å². The Morgan fingerprint density at radius 1 is 1.28 bits per heavy atom. The van der Waals surface area contributed by atoms with Crippen LogP contribution in [0.1, 0.15) is 51.4 Å². The molecular weight excluding hydrogens is 224 g/mol. The van der Waals surface area contributed by atoms with Crippen LogP contribution >= 0.6 is 0 Å². The highest BCUT2D eigenvalue weighted by Crippen LogP contribution is 2.22. The molecule has 18 heavy (non-hydrogen) atoms. The molecule has 1 aromatic heterocycles. The third-order valence-corrected chi connectivity index (χ3v) is 3.18. The van der Waals surface area contributed by atoms with E-state index in [1.54, 1.807) is 0 Å². The fourth-order valence-corrected chi connectivity index (χ4v) is 1.80. The number of nitrogens with one attached hydrogen (secondary N) is 1. The first-order valence-corrected chi connectivity index (χ1v) is 6.84. The molecule has 1 heterocycles. The van der Waals surface area contributed by atoms with Crippen LogP contribution < -0.4 is 5.32 Å². The Bertz CT molecular complexity index is 380. The zero-order valence-electron chi connectivity index (χ0n) is 11.7. The summed E-state index contributed by atoms with van der Waals surface area (Å²) < 4.78 is 5.78. The molecule has 0 atom stereocenters. The van der Waals surface area contributed by atoms with Crippen LogP contribution in [-0.4, -0.2) is 16.6 Å². The van der Waals surface area contributed by atoms with Crippen LogP contribution in [0.15, 0.2) is 18.2 Å². The Balaban J connectivity index is 1.84. The van der Waals surface area contributed by atoms with Crippen LogP contribution in [-0.2, 0) is 17.9 Å². The molecule has 1 aliphatic rings. The number of hydrogen-bond donors (Lipinski definition) is 1. The Morgan fingerprint density at radius 2 is 2.00 bits per heavy atom. The molecule has 3 heteroatoms. The van der Waals surface area contributed by atoms with Gasteiger partial charge >= 0.3 is 0 Å². The van der Waals surface area contributed by atoms with Crippen molar-refractivity contribution in [2.75, 3.05) is 0 Å². The fourth-order valence-electron chi connectivity index (χ4n) is 1.80. The van der Waals surface area contributed by atoms with Crippen LogP contribution in [0.2, 0.25) is 0 Å². The minimum Gasteiger partial charge on any atom is -0.372 e. The van der Waals surface area contributed by atoms with E-state index in [4.69, 9.17) is 4.74 Å². The van der Waals surface area contributed by atoms with Crippen LogP contribution in [0.5, 0.6) is 0 Å². The van der Waals surface area contributed by atoms with Crippen molar-refractivity contribution in [3.63, 3.8) is 0 Å². The average molecular weight is 248 g/mol. The van der Waals surface area contributed by atoms with E-state index < -0.39 is 0 Å².